The maximum absolute atomic E-state index is 12.9. The molecule has 0 spiro atoms. The second-order valence-corrected chi connectivity index (χ2v) is 3.86. The normalized spacial score (nSPS) is 13.7. The first-order valence-corrected chi connectivity index (χ1v) is 5.33. The van der Waals surface area contributed by atoms with E-state index in [4.69, 9.17) is 0 Å². The smallest absolute Gasteiger partial charge is 0.419 e. The van der Waals surface area contributed by atoms with Crippen LogP contribution in [0.1, 0.15) is 5.56 Å². The van der Waals surface area contributed by atoms with Crippen molar-refractivity contribution in [2.45, 2.75) is 6.18 Å². The molecule has 84 valence electrons. The molecule has 0 saturated carbocycles. The Balaban J connectivity index is 2.99. The highest BCUT2D eigenvalue weighted by Crippen LogP contribution is 2.32. The second-order valence-electron chi connectivity index (χ2n) is 2.75. The topological polar surface area (TPSA) is 35.1 Å². The molecule has 1 rings (SSSR count). The molecule has 1 N–H and O–H groups in total. The molecule has 1 unspecified atom stereocenters. The third-order valence-electron chi connectivity index (χ3n) is 1.54. The number of rotatable bonds is 2. The fourth-order valence-electron chi connectivity index (χ4n) is 0.974. The van der Waals surface area contributed by atoms with Crippen molar-refractivity contribution in [1.82, 2.24) is 0 Å². The fraction of sp³-hybridized carbons (Fsp3) is 0.250. The largest absolute Gasteiger partial charge is 0.593 e. The molecule has 0 amide bonds. The van der Waals surface area contributed by atoms with Gasteiger partial charge >= 0.3 is 6.18 Å². The summed E-state index contributed by atoms with van der Waals surface area (Å²) in [4.78, 5) is 0. The SMILES string of the molecule is C[S+]([O-])Nc1ccc(C(F)(F)F)c(F)c1. The van der Waals surface area contributed by atoms with Gasteiger partial charge in [-0.15, -0.1) is 0 Å². The quantitative estimate of drug-likeness (QED) is 0.638. The average Bonchev–Trinajstić information content (AvgIpc) is 1.99. The molecule has 1 aromatic carbocycles. The summed E-state index contributed by atoms with van der Waals surface area (Å²) < 4.78 is 62.3. The third-order valence-corrected chi connectivity index (χ3v) is 2.06. The van der Waals surface area contributed by atoms with Crippen molar-refractivity contribution in [1.29, 1.82) is 0 Å². The second kappa shape index (κ2) is 4.28. The van der Waals surface area contributed by atoms with Crippen LogP contribution in [-0.2, 0) is 17.5 Å². The summed E-state index contributed by atoms with van der Waals surface area (Å²) >= 11 is -1.45. The van der Waals surface area contributed by atoms with Gasteiger partial charge in [-0.2, -0.15) is 13.2 Å². The fourth-order valence-corrected chi connectivity index (χ4v) is 1.43. The summed E-state index contributed by atoms with van der Waals surface area (Å²) in [5.74, 6) is -1.39. The summed E-state index contributed by atoms with van der Waals surface area (Å²) in [6.45, 7) is 0. The zero-order valence-electron chi connectivity index (χ0n) is 7.56. The minimum atomic E-state index is -4.71. The highest BCUT2D eigenvalue weighted by Gasteiger charge is 2.33. The van der Waals surface area contributed by atoms with Gasteiger partial charge in [0, 0.05) is 6.07 Å². The number of anilines is 1. The Labute approximate surface area is 86.6 Å². The van der Waals surface area contributed by atoms with Crippen LogP contribution >= 0.6 is 0 Å². The van der Waals surface area contributed by atoms with Crippen LogP contribution < -0.4 is 4.72 Å². The molecule has 7 heteroatoms. The molecule has 0 saturated heterocycles. The number of hydrogen-bond donors (Lipinski definition) is 1. The molecule has 0 radical (unpaired) electrons. The van der Waals surface area contributed by atoms with Crippen LogP contribution in [0.25, 0.3) is 0 Å². The van der Waals surface area contributed by atoms with E-state index in [0.717, 1.165) is 6.07 Å². The molecule has 0 aliphatic heterocycles. The summed E-state index contributed by atoms with van der Waals surface area (Å²) in [7, 11) is 0. The van der Waals surface area contributed by atoms with E-state index in [1.165, 1.54) is 6.26 Å². The Kier molecular flexibility index (Phi) is 3.46. The van der Waals surface area contributed by atoms with Crippen molar-refractivity contribution in [3.63, 3.8) is 0 Å². The van der Waals surface area contributed by atoms with Crippen LogP contribution in [-0.4, -0.2) is 10.8 Å². The maximum Gasteiger partial charge on any atom is 0.419 e. The molecular weight excluding hydrogens is 234 g/mol. The Morgan fingerprint density at radius 1 is 1.33 bits per heavy atom. The van der Waals surface area contributed by atoms with E-state index >= 15 is 0 Å². The average molecular weight is 241 g/mol. The Morgan fingerprint density at radius 3 is 2.33 bits per heavy atom. The summed E-state index contributed by atoms with van der Waals surface area (Å²) in [5.41, 5.74) is -1.30. The lowest BCUT2D eigenvalue weighted by Crippen LogP contribution is -2.12. The minimum absolute atomic E-state index is 0.0429. The molecule has 1 aromatic rings. The molecule has 0 aliphatic carbocycles. The summed E-state index contributed by atoms with van der Waals surface area (Å²) in [6, 6.07) is 2.28. The number of alkyl halides is 3. The van der Waals surface area contributed by atoms with Gasteiger partial charge in [-0.3, -0.25) is 0 Å². The molecular formula is C8H7F4NOS. The van der Waals surface area contributed by atoms with Gasteiger partial charge in [0.25, 0.3) is 0 Å². The first kappa shape index (κ1) is 12.1. The Bertz CT molecular complexity index is 353. The molecule has 15 heavy (non-hydrogen) atoms. The van der Waals surface area contributed by atoms with Crippen molar-refractivity contribution >= 4 is 17.0 Å². The first-order chi connectivity index (χ1) is 6.80. The summed E-state index contributed by atoms with van der Waals surface area (Å²) in [6.07, 6.45) is -3.43. The molecule has 2 nitrogen and oxygen atoms in total. The molecule has 0 fully saturated rings. The van der Waals surface area contributed by atoms with Gasteiger partial charge in [0.1, 0.15) is 12.1 Å². The van der Waals surface area contributed by atoms with Gasteiger partial charge in [0.2, 0.25) is 0 Å². The zero-order valence-corrected chi connectivity index (χ0v) is 8.38. The maximum atomic E-state index is 12.9. The van der Waals surface area contributed by atoms with Gasteiger partial charge in [-0.1, -0.05) is 0 Å². The van der Waals surface area contributed by atoms with E-state index in [2.05, 4.69) is 4.72 Å². The first-order valence-electron chi connectivity index (χ1n) is 3.77. The van der Waals surface area contributed by atoms with Crippen LogP contribution in [0.2, 0.25) is 0 Å². The number of nitrogens with one attached hydrogen (secondary N) is 1. The standard InChI is InChI=1S/C8H7F4NOS/c1-15(14)13-5-2-3-6(7(9)4-5)8(10,11)12/h2-4,13H,1H3. The molecule has 1 atom stereocenters. The van der Waals surface area contributed by atoms with E-state index in [1.54, 1.807) is 0 Å². The lowest BCUT2D eigenvalue weighted by Gasteiger charge is -2.10. The Hall–Kier alpha value is -0.950. The highest BCUT2D eigenvalue weighted by atomic mass is 32.2. The molecule has 0 aliphatic rings. The minimum Gasteiger partial charge on any atom is -0.593 e. The van der Waals surface area contributed by atoms with Crippen LogP contribution in [0.3, 0.4) is 0 Å². The number of halogens is 4. The lowest BCUT2D eigenvalue weighted by atomic mass is 10.2. The van der Waals surface area contributed by atoms with Gasteiger partial charge < -0.3 is 4.55 Å². The van der Waals surface area contributed by atoms with Crippen molar-refractivity contribution in [2.75, 3.05) is 11.0 Å². The molecule has 0 aromatic heterocycles. The van der Waals surface area contributed by atoms with Crippen LogP contribution in [0.5, 0.6) is 0 Å². The van der Waals surface area contributed by atoms with E-state index in [1.807, 2.05) is 0 Å². The highest BCUT2D eigenvalue weighted by molar-refractivity contribution is 7.92. The van der Waals surface area contributed by atoms with E-state index in [9.17, 15) is 22.1 Å². The van der Waals surface area contributed by atoms with Gasteiger partial charge in [-0.05, 0) is 12.1 Å². The lowest BCUT2D eigenvalue weighted by molar-refractivity contribution is -0.139. The van der Waals surface area contributed by atoms with E-state index in [-0.39, 0.29) is 5.69 Å². The summed E-state index contributed by atoms with van der Waals surface area (Å²) in [5, 5.41) is 0. The van der Waals surface area contributed by atoms with Gasteiger partial charge in [0.15, 0.2) is 0 Å². The monoisotopic (exact) mass is 241 g/mol. The van der Waals surface area contributed by atoms with Crippen molar-refractivity contribution < 1.29 is 22.1 Å². The predicted molar refractivity (Wildman–Crippen MR) is 49.1 cm³/mol. The van der Waals surface area contributed by atoms with Crippen LogP contribution in [0.4, 0.5) is 23.2 Å². The Morgan fingerprint density at radius 2 is 1.93 bits per heavy atom. The number of benzene rings is 1. The third kappa shape index (κ3) is 3.28. The van der Waals surface area contributed by atoms with Crippen LogP contribution in [0.15, 0.2) is 18.2 Å². The van der Waals surface area contributed by atoms with E-state index < -0.39 is 28.9 Å². The van der Waals surface area contributed by atoms with Gasteiger partial charge in [0.05, 0.1) is 22.6 Å². The van der Waals surface area contributed by atoms with Crippen LogP contribution in [0, 0.1) is 5.82 Å². The van der Waals surface area contributed by atoms with Gasteiger partial charge in [-0.25, -0.2) is 9.11 Å². The number of hydrogen-bond acceptors (Lipinski definition) is 2. The predicted octanol–water partition coefficient (Wildman–Crippen LogP) is 2.55. The van der Waals surface area contributed by atoms with Crippen molar-refractivity contribution in [3.05, 3.63) is 29.6 Å². The van der Waals surface area contributed by atoms with Crippen molar-refractivity contribution in [3.8, 4) is 0 Å². The molecule has 0 heterocycles. The molecule has 0 bridgehead atoms. The zero-order chi connectivity index (χ0) is 11.6. The van der Waals surface area contributed by atoms with E-state index in [0.29, 0.717) is 12.1 Å². The van der Waals surface area contributed by atoms with Crippen molar-refractivity contribution in [2.24, 2.45) is 0 Å².